The molecule has 4 aliphatic heterocycles. The summed E-state index contributed by atoms with van der Waals surface area (Å²) < 4.78 is 61.4. The first-order chi connectivity index (χ1) is 13.2. The van der Waals surface area contributed by atoms with Gasteiger partial charge in [0.05, 0.1) is 0 Å². The lowest BCUT2D eigenvalue weighted by atomic mass is 9.98. The molecule has 2 N–H and O–H groups in total. The number of nitrogens with one attached hydrogen (secondary N) is 2. The van der Waals surface area contributed by atoms with Gasteiger partial charge >= 0.3 is 15.5 Å². The van der Waals surface area contributed by atoms with E-state index in [1.165, 1.54) is 0 Å². The predicted molar refractivity (Wildman–Crippen MR) is 100 cm³/mol. The van der Waals surface area contributed by atoms with Crippen molar-refractivity contribution in [2.75, 3.05) is 66.0 Å². The Kier molecular flexibility index (Phi) is 6.72. The maximum absolute atomic E-state index is 12.6. The molecular formula is C16H29F3N6O2S. The lowest BCUT2D eigenvalue weighted by molar-refractivity contribution is -0.0496. The van der Waals surface area contributed by atoms with Crippen molar-refractivity contribution in [3.63, 3.8) is 0 Å². The van der Waals surface area contributed by atoms with Crippen LogP contribution in [0.3, 0.4) is 0 Å². The number of nitrogens with zero attached hydrogens (tertiary/aromatic N) is 4. The van der Waals surface area contributed by atoms with Crippen LogP contribution in [0.25, 0.3) is 0 Å². The van der Waals surface area contributed by atoms with Gasteiger partial charge in [0, 0.05) is 72.0 Å². The highest BCUT2D eigenvalue weighted by atomic mass is 32.2. The third-order valence-corrected chi connectivity index (χ3v) is 7.52. The molecule has 0 spiro atoms. The van der Waals surface area contributed by atoms with Crippen LogP contribution in [0.15, 0.2) is 4.99 Å². The molecule has 0 aromatic heterocycles. The fourth-order valence-corrected chi connectivity index (χ4v) is 5.08. The molecule has 4 heterocycles. The number of piperidine rings is 1. The minimum absolute atomic E-state index is 0.104. The van der Waals surface area contributed by atoms with Gasteiger partial charge in [0.1, 0.15) is 0 Å². The number of piperazine rings is 3. The lowest BCUT2D eigenvalue weighted by Crippen LogP contribution is -2.63. The molecule has 4 aliphatic rings. The third kappa shape index (κ3) is 4.89. The van der Waals surface area contributed by atoms with Crippen LogP contribution < -0.4 is 10.6 Å². The van der Waals surface area contributed by atoms with Crippen LogP contribution in [0, 0.1) is 5.92 Å². The zero-order valence-electron chi connectivity index (χ0n) is 16.1. The summed E-state index contributed by atoms with van der Waals surface area (Å²) >= 11 is 0. The molecule has 8 nitrogen and oxygen atoms in total. The highest BCUT2D eigenvalue weighted by Crippen LogP contribution is 2.30. The summed E-state index contributed by atoms with van der Waals surface area (Å²) in [6.45, 7) is 6.64. The van der Waals surface area contributed by atoms with Crippen LogP contribution in [0.5, 0.6) is 0 Å². The van der Waals surface area contributed by atoms with Crippen LogP contribution in [0.4, 0.5) is 13.2 Å². The van der Waals surface area contributed by atoms with E-state index in [-0.39, 0.29) is 19.0 Å². The quantitative estimate of drug-likeness (QED) is 0.465. The largest absolute Gasteiger partial charge is 0.511 e. The maximum Gasteiger partial charge on any atom is 0.511 e. The molecule has 1 unspecified atom stereocenters. The molecule has 0 saturated carbocycles. The summed E-state index contributed by atoms with van der Waals surface area (Å²) in [5.74, 6) is 0.779. The number of rotatable bonds is 5. The van der Waals surface area contributed by atoms with Crippen LogP contribution >= 0.6 is 0 Å². The van der Waals surface area contributed by atoms with Gasteiger partial charge in [0.25, 0.3) is 0 Å². The number of hydrogen-bond acceptors (Lipinski definition) is 5. The molecule has 0 aliphatic carbocycles. The number of alkyl halides is 3. The number of sulfonamides is 1. The minimum Gasteiger partial charge on any atom is -0.356 e. The Morgan fingerprint density at radius 1 is 1.04 bits per heavy atom. The van der Waals surface area contributed by atoms with Gasteiger partial charge in [-0.15, -0.1) is 0 Å². The second-order valence-corrected chi connectivity index (χ2v) is 9.55. The van der Waals surface area contributed by atoms with Crippen molar-refractivity contribution in [1.82, 2.24) is 24.7 Å². The van der Waals surface area contributed by atoms with Crippen LogP contribution in [0.2, 0.25) is 0 Å². The molecule has 4 fully saturated rings. The van der Waals surface area contributed by atoms with E-state index in [1.54, 1.807) is 7.05 Å². The molecule has 4 saturated heterocycles. The average Bonchev–Trinajstić information content (AvgIpc) is 2.68. The predicted octanol–water partition coefficient (Wildman–Crippen LogP) is -0.287. The van der Waals surface area contributed by atoms with E-state index in [2.05, 4.69) is 25.4 Å². The summed E-state index contributed by atoms with van der Waals surface area (Å²) in [7, 11) is -3.53. The van der Waals surface area contributed by atoms with Crippen LogP contribution in [-0.4, -0.2) is 106 Å². The van der Waals surface area contributed by atoms with Crippen molar-refractivity contribution in [2.24, 2.45) is 10.9 Å². The Hall–Kier alpha value is -1.11. The normalized spacial score (nSPS) is 30.4. The van der Waals surface area contributed by atoms with Crippen molar-refractivity contribution in [1.29, 1.82) is 0 Å². The van der Waals surface area contributed by atoms with Crippen molar-refractivity contribution in [2.45, 2.75) is 24.4 Å². The first kappa shape index (κ1) is 21.6. The second kappa shape index (κ2) is 8.72. The third-order valence-electron chi connectivity index (χ3n) is 5.89. The molecule has 0 aromatic carbocycles. The van der Waals surface area contributed by atoms with Crippen LogP contribution in [0.1, 0.15) is 12.8 Å². The summed E-state index contributed by atoms with van der Waals surface area (Å²) in [4.78, 5) is 9.16. The minimum atomic E-state index is -5.23. The number of aliphatic imine (C=N–C) groups is 1. The van der Waals surface area contributed by atoms with Crippen molar-refractivity contribution in [3.8, 4) is 0 Å². The highest BCUT2D eigenvalue weighted by Gasteiger charge is 2.50. The SMILES string of the molecule is CN=C(NCC1CCN(S(=O)(=O)C(F)(F)F)CC1)NCC1CN2CCN1CC2. The molecule has 0 radical (unpaired) electrons. The Morgan fingerprint density at radius 3 is 2.14 bits per heavy atom. The fourth-order valence-electron chi connectivity index (χ4n) is 4.09. The van der Waals surface area contributed by atoms with Gasteiger partial charge in [0.15, 0.2) is 5.96 Å². The van der Waals surface area contributed by atoms with Gasteiger partial charge in [-0.05, 0) is 18.8 Å². The summed E-state index contributed by atoms with van der Waals surface area (Å²) in [5, 5.41) is 6.56. The van der Waals surface area contributed by atoms with E-state index in [4.69, 9.17) is 0 Å². The zero-order chi connectivity index (χ0) is 20.4. The molecule has 2 bridgehead atoms. The number of hydrogen-bond donors (Lipinski definition) is 2. The summed E-state index contributed by atoms with van der Waals surface area (Å²) in [6.07, 6.45) is 0.787. The van der Waals surface area contributed by atoms with Gasteiger partial charge in [-0.1, -0.05) is 0 Å². The van der Waals surface area contributed by atoms with Gasteiger partial charge in [-0.3, -0.25) is 14.8 Å². The van der Waals surface area contributed by atoms with Crippen molar-refractivity contribution < 1.29 is 21.6 Å². The first-order valence-corrected chi connectivity index (χ1v) is 11.1. The Labute approximate surface area is 164 Å². The number of halogens is 3. The molecule has 4 rings (SSSR count). The maximum atomic E-state index is 12.6. The van der Waals surface area contributed by atoms with E-state index in [0.29, 0.717) is 35.7 Å². The van der Waals surface area contributed by atoms with E-state index < -0.39 is 15.5 Å². The van der Waals surface area contributed by atoms with Gasteiger partial charge < -0.3 is 10.6 Å². The number of fused-ring (bicyclic) bond motifs is 3. The highest BCUT2D eigenvalue weighted by molar-refractivity contribution is 7.90. The Morgan fingerprint density at radius 2 is 1.64 bits per heavy atom. The summed E-state index contributed by atoms with van der Waals surface area (Å²) in [5.41, 5.74) is -5.23. The molecule has 1 atom stereocenters. The molecule has 28 heavy (non-hydrogen) atoms. The zero-order valence-corrected chi connectivity index (χ0v) is 16.9. The molecule has 162 valence electrons. The Bertz CT molecular complexity index is 656. The van der Waals surface area contributed by atoms with E-state index in [0.717, 1.165) is 39.3 Å². The topological polar surface area (TPSA) is 80.3 Å². The van der Waals surface area contributed by atoms with E-state index >= 15 is 0 Å². The second-order valence-electron chi connectivity index (χ2n) is 7.62. The van der Waals surface area contributed by atoms with Gasteiger partial charge in [-0.2, -0.15) is 17.5 Å². The fraction of sp³-hybridized carbons (Fsp3) is 0.938. The smallest absolute Gasteiger partial charge is 0.356 e. The Balaban J connectivity index is 1.39. The van der Waals surface area contributed by atoms with Gasteiger partial charge in [0.2, 0.25) is 0 Å². The van der Waals surface area contributed by atoms with Crippen molar-refractivity contribution in [3.05, 3.63) is 0 Å². The molecule has 0 aromatic rings. The molecule has 0 amide bonds. The lowest BCUT2D eigenvalue weighted by Gasteiger charge is -2.47. The summed E-state index contributed by atoms with van der Waals surface area (Å²) in [6, 6.07) is 0.455. The first-order valence-electron chi connectivity index (χ1n) is 9.68. The number of guanidine groups is 1. The monoisotopic (exact) mass is 426 g/mol. The molecular weight excluding hydrogens is 397 g/mol. The van der Waals surface area contributed by atoms with Gasteiger partial charge in [-0.25, -0.2) is 8.42 Å². The standard InChI is InChI=1S/C16H29F3N6O2S/c1-20-15(22-11-14-12-23-6-8-24(14)9-7-23)21-10-13-2-4-25(5-3-13)28(26,27)16(17,18)19/h13-14H,2-12H2,1H3,(H2,20,21,22). The van der Waals surface area contributed by atoms with E-state index in [9.17, 15) is 21.6 Å². The van der Waals surface area contributed by atoms with E-state index in [1.807, 2.05) is 0 Å². The van der Waals surface area contributed by atoms with Crippen LogP contribution in [-0.2, 0) is 10.0 Å². The average molecular weight is 427 g/mol. The molecule has 12 heteroatoms. The van der Waals surface area contributed by atoms with Crippen molar-refractivity contribution >= 4 is 16.0 Å².